The number of aliphatic carboxylic acids is 1. The van der Waals surface area contributed by atoms with Crippen LogP contribution in [0.5, 0.6) is 5.75 Å². The maximum atomic E-state index is 10.5. The van der Waals surface area contributed by atoms with Crippen molar-refractivity contribution in [1.82, 2.24) is 10.2 Å². The number of hydrogen-bond donors (Lipinski definition) is 2. The number of nitrogens with one attached hydrogen (secondary N) is 1. The van der Waals surface area contributed by atoms with Gasteiger partial charge in [-0.05, 0) is 24.6 Å². The summed E-state index contributed by atoms with van der Waals surface area (Å²) in [6.45, 7) is 0. The molecule has 0 amide bonds. The third-order valence-corrected chi connectivity index (χ3v) is 2.60. The second kappa shape index (κ2) is 5.35. The lowest BCUT2D eigenvalue weighted by molar-refractivity contribution is -0.136. The molecule has 0 spiro atoms. The number of rotatable bonds is 5. The van der Waals surface area contributed by atoms with Crippen LogP contribution in [0.25, 0.3) is 11.3 Å². The summed E-state index contributed by atoms with van der Waals surface area (Å²) in [5, 5.41) is 15.6. The van der Waals surface area contributed by atoms with Crippen molar-refractivity contribution in [2.45, 2.75) is 12.8 Å². The van der Waals surface area contributed by atoms with Crippen LogP contribution in [0.2, 0.25) is 0 Å². The minimum atomic E-state index is -0.812. The van der Waals surface area contributed by atoms with Gasteiger partial charge in [0.1, 0.15) is 5.75 Å². The molecule has 0 aliphatic carbocycles. The highest BCUT2D eigenvalue weighted by atomic mass is 16.5. The molecule has 18 heavy (non-hydrogen) atoms. The van der Waals surface area contributed by atoms with Crippen LogP contribution in [0.3, 0.4) is 0 Å². The fraction of sp³-hybridized carbons (Fsp3) is 0.231. The van der Waals surface area contributed by atoms with E-state index < -0.39 is 5.97 Å². The molecule has 0 saturated carbocycles. The van der Waals surface area contributed by atoms with Crippen molar-refractivity contribution in [2.24, 2.45) is 0 Å². The van der Waals surface area contributed by atoms with Crippen molar-refractivity contribution in [1.29, 1.82) is 0 Å². The molecule has 5 nitrogen and oxygen atoms in total. The smallest absolute Gasteiger partial charge is 0.303 e. The van der Waals surface area contributed by atoms with Crippen LogP contribution >= 0.6 is 0 Å². The maximum Gasteiger partial charge on any atom is 0.303 e. The number of carboxylic acid groups (broad SMARTS) is 1. The third-order valence-electron chi connectivity index (χ3n) is 2.60. The molecular weight excluding hydrogens is 232 g/mol. The van der Waals surface area contributed by atoms with Crippen LogP contribution in [0.15, 0.2) is 30.3 Å². The van der Waals surface area contributed by atoms with Crippen LogP contribution in [0, 0.1) is 0 Å². The van der Waals surface area contributed by atoms with Crippen molar-refractivity contribution >= 4 is 5.97 Å². The maximum absolute atomic E-state index is 10.5. The molecule has 0 bridgehead atoms. The molecule has 5 heteroatoms. The number of hydrogen-bond acceptors (Lipinski definition) is 3. The van der Waals surface area contributed by atoms with E-state index in [0.717, 1.165) is 22.7 Å². The summed E-state index contributed by atoms with van der Waals surface area (Å²) in [6.07, 6.45) is 0.548. The van der Waals surface area contributed by atoms with E-state index in [1.807, 2.05) is 30.3 Å². The Morgan fingerprint density at radius 2 is 2.28 bits per heavy atom. The fourth-order valence-corrected chi connectivity index (χ4v) is 1.66. The van der Waals surface area contributed by atoms with E-state index in [-0.39, 0.29) is 6.42 Å². The number of H-pyrrole nitrogens is 1. The van der Waals surface area contributed by atoms with Crippen LogP contribution < -0.4 is 4.74 Å². The number of benzene rings is 1. The highest BCUT2D eigenvalue weighted by Crippen LogP contribution is 2.22. The Bertz CT molecular complexity index is 549. The van der Waals surface area contributed by atoms with Gasteiger partial charge in [-0.2, -0.15) is 5.10 Å². The number of carbonyl (C=O) groups is 1. The summed E-state index contributed by atoms with van der Waals surface area (Å²) < 4.78 is 5.15. The number of aromatic amines is 1. The van der Waals surface area contributed by atoms with E-state index in [9.17, 15) is 4.79 Å². The number of carboxylic acids is 1. The number of methoxy groups -OCH3 is 1. The minimum absolute atomic E-state index is 0.0970. The second-order valence-electron chi connectivity index (χ2n) is 3.90. The van der Waals surface area contributed by atoms with Crippen molar-refractivity contribution < 1.29 is 14.6 Å². The van der Waals surface area contributed by atoms with E-state index in [0.29, 0.717) is 6.42 Å². The molecule has 0 atom stereocenters. The van der Waals surface area contributed by atoms with Crippen LogP contribution in [-0.2, 0) is 11.2 Å². The zero-order chi connectivity index (χ0) is 13.0. The van der Waals surface area contributed by atoms with Crippen molar-refractivity contribution in [3.63, 3.8) is 0 Å². The van der Waals surface area contributed by atoms with Crippen molar-refractivity contribution in [2.75, 3.05) is 7.11 Å². The largest absolute Gasteiger partial charge is 0.497 e. The van der Waals surface area contributed by atoms with E-state index in [1.165, 1.54) is 0 Å². The zero-order valence-corrected chi connectivity index (χ0v) is 10.0. The normalized spacial score (nSPS) is 10.3. The van der Waals surface area contributed by atoms with Crippen LogP contribution in [-0.4, -0.2) is 28.4 Å². The summed E-state index contributed by atoms with van der Waals surface area (Å²) in [6, 6.07) is 9.43. The second-order valence-corrected chi connectivity index (χ2v) is 3.90. The Kier molecular flexibility index (Phi) is 3.62. The van der Waals surface area contributed by atoms with Gasteiger partial charge in [-0.25, -0.2) is 0 Å². The predicted molar refractivity (Wildman–Crippen MR) is 66.5 cm³/mol. The van der Waals surface area contributed by atoms with Gasteiger partial charge in [0.15, 0.2) is 0 Å². The van der Waals surface area contributed by atoms with Crippen molar-refractivity contribution in [3.05, 3.63) is 36.0 Å². The van der Waals surface area contributed by atoms with Gasteiger partial charge in [-0.3, -0.25) is 9.89 Å². The molecule has 2 aromatic rings. The number of ether oxygens (including phenoxy) is 1. The number of aryl methyl sites for hydroxylation is 1. The summed E-state index contributed by atoms with van der Waals surface area (Å²) in [7, 11) is 1.61. The first-order valence-electron chi connectivity index (χ1n) is 5.59. The molecule has 1 aromatic carbocycles. The number of nitrogens with zero attached hydrogens (tertiary/aromatic N) is 1. The molecule has 0 saturated heterocycles. The monoisotopic (exact) mass is 246 g/mol. The molecule has 94 valence electrons. The molecular formula is C13H14N2O3. The van der Waals surface area contributed by atoms with Crippen LogP contribution in [0.4, 0.5) is 0 Å². The molecule has 1 heterocycles. The Labute approximate surface area is 104 Å². The zero-order valence-electron chi connectivity index (χ0n) is 10.0. The molecule has 1 aromatic heterocycles. The topological polar surface area (TPSA) is 75.2 Å². The Morgan fingerprint density at radius 3 is 3.00 bits per heavy atom. The Balaban J connectivity index is 2.15. The van der Waals surface area contributed by atoms with E-state index in [1.54, 1.807) is 7.11 Å². The van der Waals surface area contributed by atoms with Gasteiger partial charge in [-0.1, -0.05) is 12.1 Å². The lowest BCUT2D eigenvalue weighted by atomic mass is 10.1. The number of aromatic nitrogens is 2. The van der Waals surface area contributed by atoms with Gasteiger partial charge in [0.05, 0.1) is 19.2 Å². The summed E-state index contributed by atoms with van der Waals surface area (Å²) in [5.41, 5.74) is 2.54. The average Bonchev–Trinajstić information content (AvgIpc) is 2.85. The molecule has 2 rings (SSSR count). The Hall–Kier alpha value is -2.30. The first-order chi connectivity index (χ1) is 8.69. The van der Waals surface area contributed by atoms with Crippen molar-refractivity contribution in [3.8, 4) is 17.0 Å². The predicted octanol–water partition coefficient (Wildman–Crippen LogP) is 2.10. The molecule has 0 radical (unpaired) electrons. The first kappa shape index (κ1) is 12.2. The molecule has 2 N–H and O–H groups in total. The van der Waals surface area contributed by atoms with Gasteiger partial charge in [0.25, 0.3) is 0 Å². The van der Waals surface area contributed by atoms with E-state index in [2.05, 4.69) is 10.2 Å². The van der Waals surface area contributed by atoms with E-state index in [4.69, 9.17) is 9.84 Å². The quantitative estimate of drug-likeness (QED) is 0.847. The van der Waals surface area contributed by atoms with Gasteiger partial charge in [0, 0.05) is 11.3 Å². The Morgan fingerprint density at radius 1 is 1.44 bits per heavy atom. The lowest BCUT2D eigenvalue weighted by Gasteiger charge is -2.00. The molecule has 0 aliphatic rings. The molecule has 0 unspecified atom stereocenters. The average molecular weight is 246 g/mol. The van der Waals surface area contributed by atoms with Gasteiger partial charge < -0.3 is 9.84 Å². The molecule has 0 aliphatic heterocycles. The fourth-order valence-electron chi connectivity index (χ4n) is 1.66. The molecule has 0 fully saturated rings. The van der Waals surface area contributed by atoms with Gasteiger partial charge >= 0.3 is 5.97 Å². The highest BCUT2D eigenvalue weighted by Gasteiger charge is 2.06. The third kappa shape index (κ3) is 2.88. The SMILES string of the molecule is COc1cccc(-c2cc(CCC(=O)O)[nH]n2)c1. The van der Waals surface area contributed by atoms with E-state index >= 15 is 0 Å². The first-order valence-corrected chi connectivity index (χ1v) is 5.59. The standard InChI is InChI=1S/C13H14N2O3/c1-18-11-4-2-3-9(7-11)12-8-10(14-15-12)5-6-13(16)17/h2-4,7-8H,5-6H2,1H3,(H,14,15)(H,16,17). The lowest BCUT2D eigenvalue weighted by Crippen LogP contribution is -1.97. The summed E-state index contributed by atoms with van der Waals surface area (Å²) >= 11 is 0. The van der Waals surface area contributed by atoms with Gasteiger partial charge in [-0.15, -0.1) is 0 Å². The highest BCUT2D eigenvalue weighted by molar-refractivity contribution is 5.67. The minimum Gasteiger partial charge on any atom is -0.497 e. The van der Waals surface area contributed by atoms with Crippen LogP contribution in [0.1, 0.15) is 12.1 Å². The summed E-state index contributed by atoms with van der Waals surface area (Å²) in [5.74, 6) is -0.0462. The van der Waals surface area contributed by atoms with Gasteiger partial charge in [0.2, 0.25) is 0 Å². The summed E-state index contributed by atoms with van der Waals surface area (Å²) in [4.78, 5) is 10.5.